The third-order valence-electron chi connectivity index (χ3n) is 3.50. The molecule has 1 amide bonds. The predicted molar refractivity (Wildman–Crippen MR) is 71.0 cm³/mol. The number of carbonyl (C=O) groups excluding carboxylic acids is 1. The molecule has 0 radical (unpaired) electrons. The van der Waals surface area contributed by atoms with Crippen LogP contribution >= 0.6 is 0 Å². The molecule has 1 aromatic heterocycles. The van der Waals surface area contributed by atoms with Crippen LogP contribution in [0.4, 0.5) is 0 Å². The van der Waals surface area contributed by atoms with Crippen molar-refractivity contribution in [2.75, 3.05) is 0 Å². The van der Waals surface area contributed by atoms with E-state index in [0.29, 0.717) is 17.7 Å². The number of nitrogens with one attached hydrogen (secondary N) is 1. The van der Waals surface area contributed by atoms with Crippen molar-refractivity contribution in [2.45, 2.75) is 40.2 Å². The molecule has 1 rings (SSSR count). The fourth-order valence-corrected chi connectivity index (χ4v) is 2.00. The van der Waals surface area contributed by atoms with Crippen molar-refractivity contribution in [1.82, 2.24) is 15.1 Å². The first kappa shape index (κ1) is 15.2. The monoisotopic (exact) mass is 267 g/mol. The van der Waals surface area contributed by atoms with E-state index in [0.717, 1.165) is 5.69 Å². The molecule has 0 aliphatic carbocycles. The van der Waals surface area contributed by atoms with Crippen LogP contribution in [0.15, 0.2) is 0 Å². The number of hydrogen-bond donors (Lipinski definition) is 2. The molecule has 0 bridgehead atoms. The Balaban J connectivity index is 2.97. The molecule has 1 aromatic rings. The largest absolute Gasteiger partial charge is 0.480 e. The van der Waals surface area contributed by atoms with E-state index in [1.165, 1.54) is 0 Å². The number of aliphatic carboxylic acids is 1. The summed E-state index contributed by atoms with van der Waals surface area (Å²) in [7, 11) is 1.75. The minimum Gasteiger partial charge on any atom is -0.480 e. The molecule has 1 unspecified atom stereocenters. The van der Waals surface area contributed by atoms with E-state index in [1.54, 1.807) is 25.6 Å². The van der Waals surface area contributed by atoms with Crippen LogP contribution in [0.2, 0.25) is 0 Å². The maximum absolute atomic E-state index is 12.2. The highest BCUT2D eigenvalue weighted by atomic mass is 16.4. The summed E-state index contributed by atoms with van der Waals surface area (Å²) in [6, 6.07) is -0.878. The van der Waals surface area contributed by atoms with Gasteiger partial charge in [0.2, 0.25) is 0 Å². The SMILES string of the molecule is CCC(C)[C@H](NC(=O)c1c(C)nn(C)c1C)C(=O)O. The Morgan fingerprint density at radius 1 is 1.42 bits per heavy atom. The Hall–Kier alpha value is -1.85. The number of aromatic nitrogens is 2. The highest BCUT2D eigenvalue weighted by Crippen LogP contribution is 2.14. The molecule has 0 aliphatic rings. The van der Waals surface area contributed by atoms with Gasteiger partial charge in [0.25, 0.3) is 5.91 Å². The summed E-state index contributed by atoms with van der Waals surface area (Å²) in [6.07, 6.45) is 0.683. The van der Waals surface area contributed by atoms with Gasteiger partial charge in [-0.2, -0.15) is 5.10 Å². The summed E-state index contributed by atoms with van der Waals surface area (Å²) in [5.74, 6) is -1.52. The average molecular weight is 267 g/mol. The van der Waals surface area contributed by atoms with E-state index in [-0.39, 0.29) is 11.8 Å². The zero-order chi connectivity index (χ0) is 14.7. The summed E-state index contributed by atoms with van der Waals surface area (Å²) in [6.45, 7) is 7.23. The molecule has 2 N–H and O–H groups in total. The molecule has 2 atom stereocenters. The van der Waals surface area contributed by atoms with Crippen LogP contribution in [0.1, 0.15) is 42.0 Å². The first-order valence-corrected chi connectivity index (χ1v) is 6.33. The Morgan fingerprint density at radius 2 is 2.00 bits per heavy atom. The topological polar surface area (TPSA) is 84.2 Å². The van der Waals surface area contributed by atoms with Gasteiger partial charge in [0.15, 0.2) is 0 Å². The highest BCUT2D eigenvalue weighted by molar-refractivity contribution is 5.98. The molecule has 6 heteroatoms. The molecular formula is C13H21N3O3. The Kier molecular flexibility index (Phi) is 4.69. The van der Waals surface area contributed by atoms with E-state index in [1.807, 2.05) is 13.8 Å². The lowest BCUT2D eigenvalue weighted by Crippen LogP contribution is -2.45. The van der Waals surface area contributed by atoms with Gasteiger partial charge in [0.05, 0.1) is 11.3 Å². The fourth-order valence-electron chi connectivity index (χ4n) is 2.00. The molecule has 0 fully saturated rings. The Bertz CT molecular complexity index is 494. The third-order valence-corrected chi connectivity index (χ3v) is 3.50. The first-order valence-electron chi connectivity index (χ1n) is 6.33. The summed E-state index contributed by atoms with van der Waals surface area (Å²) in [4.78, 5) is 23.4. The smallest absolute Gasteiger partial charge is 0.326 e. The van der Waals surface area contributed by atoms with Crippen molar-refractivity contribution in [3.8, 4) is 0 Å². The molecule has 0 saturated carbocycles. The summed E-state index contributed by atoms with van der Waals surface area (Å²) < 4.78 is 1.61. The minimum atomic E-state index is -1.01. The molecular weight excluding hydrogens is 246 g/mol. The molecule has 0 saturated heterocycles. The maximum Gasteiger partial charge on any atom is 0.326 e. The van der Waals surface area contributed by atoms with Gasteiger partial charge in [-0.3, -0.25) is 9.48 Å². The second-order valence-electron chi connectivity index (χ2n) is 4.84. The van der Waals surface area contributed by atoms with E-state index in [9.17, 15) is 14.7 Å². The zero-order valence-corrected chi connectivity index (χ0v) is 12.0. The van der Waals surface area contributed by atoms with Gasteiger partial charge in [-0.25, -0.2) is 4.79 Å². The number of nitrogens with zero attached hydrogens (tertiary/aromatic N) is 2. The number of carbonyl (C=O) groups is 2. The molecule has 19 heavy (non-hydrogen) atoms. The van der Waals surface area contributed by atoms with E-state index < -0.39 is 12.0 Å². The van der Waals surface area contributed by atoms with Gasteiger partial charge in [-0.05, 0) is 19.8 Å². The lowest BCUT2D eigenvalue weighted by Gasteiger charge is -2.20. The van der Waals surface area contributed by atoms with Crippen LogP contribution in [-0.2, 0) is 11.8 Å². The van der Waals surface area contributed by atoms with Crippen molar-refractivity contribution in [3.63, 3.8) is 0 Å². The predicted octanol–water partition coefficient (Wildman–Crippen LogP) is 1.27. The molecule has 0 spiro atoms. The van der Waals surface area contributed by atoms with Gasteiger partial charge < -0.3 is 10.4 Å². The maximum atomic E-state index is 12.2. The first-order chi connectivity index (χ1) is 8.79. The molecule has 0 aromatic carbocycles. The fraction of sp³-hybridized carbons (Fsp3) is 0.615. The van der Waals surface area contributed by atoms with Crippen LogP contribution in [0.5, 0.6) is 0 Å². The molecule has 106 valence electrons. The molecule has 0 aliphatic heterocycles. The van der Waals surface area contributed by atoms with Crippen LogP contribution < -0.4 is 5.32 Å². The summed E-state index contributed by atoms with van der Waals surface area (Å²) in [5.41, 5.74) is 1.78. The van der Waals surface area contributed by atoms with E-state index in [2.05, 4.69) is 10.4 Å². The quantitative estimate of drug-likeness (QED) is 0.841. The highest BCUT2D eigenvalue weighted by Gasteiger charge is 2.27. The standard InChI is InChI=1S/C13H21N3O3/c1-6-7(2)11(13(18)19)14-12(17)10-8(3)15-16(5)9(10)4/h7,11H,6H2,1-5H3,(H,14,17)(H,18,19)/t7?,11-/m0/s1. The molecule has 6 nitrogen and oxygen atoms in total. The van der Waals surface area contributed by atoms with Gasteiger partial charge >= 0.3 is 5.97 Å². The summed E-state index contributed by atoms with van der Waals surface area (Å²) >= 11 is 0. The number of rotatable bonds is 5. The van der Waals surface area contributed by atoms with Crippen molar-refractivity contribution in [1.29, 1.82) is 0 Å². The second-order valence-corrected chi connectivity index (χ2v) is 4.84. The number of hydrogen-bond acceptors (Lipinski definition) is 3. The van der Waals surface area contributed by atoms with Gasteiger partial charge in [-0.15, -0.1) is 0 Å². The van der Waals surface area contributed by atoms with Gasteiger partial charge in [-0.1, -0.05) is 20.3 Å². The lowest BCUT2D eigenvalue weighted by atomic mass is 9.99. The van der Waals surface area contributed by atoms with Crippen molar-refractivity contribution >= 4 is 11.9 Å². The Labute approximate surface area is 112 Å². The number of aryl methyl sites for hydroxylation is 2. The van der Waals surface area contributed by atoms with Crippen LogP contribution in [0, 0.1) is 19.8 Å². The number of amides is 1. The van der Waals surface area contributed by atoms with Crippen molar-refractivity contribution in [3.05, 3.63) is 17.0 Å². The average Bonchev–Trinajstić information content (AvgIpc) is 2.58. The Morgan fingerprint density at radius 3 is 2.37 bits per heavy atom. The second kappa shape index (κ2) is 5.86. The molecule has 1 heterocycles. The summed E-state index contributed by atoms with van der Waals surface area (Å²) in [5, 5.41) is 15.9. The third kappa shape index (κ3) is 3.13. The lowest BCUT2D eigenvalue weighted by molar-refractivity contribution is -0.140. The normalized spacial score (nSPS) is 13.9. The van der Waals surface area contributed by atoms with Gasteiger partial charge in [0.1, 0.15) is 6.04 Å². The zero-order valence-electron chi connectivity index (χ0n) is 12.0. The van der Waals surface area contributed by atoms with Crippen LogP contribution in [0.25, 0.3) is 0 Å². The van der Waals surface area contributed by atoms with Gasteiger partial charge in [0, 0.05) is 12.7 Å². The number of carboxylic acids is 1. The van der Waals surface area contributed by atoms with Crippen LogP contribution in [0.3, 0.4) is 0 Å². The van der Waals surface area contributed by atoms with E-state index in [4.69, 9.17) is 0 Å². The minimum absolute atomic E-state index is 0.126. The van der Waals surface area contributed by atoms with Crippen LogP contribution in [-0.4, -0.2) is 32.8 Å². The van der Waals surface area contributed by atoms with Crippen molar-refractivity contribution < 1.29 is 14.7 Å². The van der Waals surface area contributed by atoms with Crippen molar-refractivity contribution in [2.24, 2.45) is 13.0 Å². The van der Waals surface area contributed by atoms with E-state index >= 15 is 0 Å². The number of carboxylic acid groups (broad SMARTS) is 1.